The molecule has 0 radical (unpaired) electrons. The van der Waals surface area contributed by atoms with Crippen molar-refractivity contribution in [1.29, 1.82) is 0 Å². The Morgan fingerprint density at radius 1 is 1.09 bits per heavy atom. The molecule has 1 N–H and O–H groups in total. The number of hydrogen-bond acceptors (Lipinski definition) is 4. The minimum Gasteiger partial charge on any atom is -0.322 e. The molecule has 4 aromatic rings. The Balaban J connectivity index is 1.40. The maximum absolute atomic E-state index is 13.0. The lowest BCUT2D eigenvalue weighted by Crippen LogP contribution is -2.20. The Hall–Kier alpha value is -3.29. The average Bonchev–Trinajstić information content (AvgIpc) is 3.25. The quantitative estimate of drug-likeness (QED) is 0.428. The molecule has 1 aliphatic heterocycles. The van der Waals surface area contributed by atoms with E-state index in [2.05, 4.69) is 15.3 Å². The molecule has 0 bridgehead atoms. The van der Waals surface area contributed by atoms with Gasteiger partial charge in [0.05, 0.1) is 21.7 Å². The summed E-state index contributed by atoms with van der Waals surface area (Å²) in [7, 11) is -0.990. The third-order valence-electron chi connectivity index (χ3n) is 5.62. The monoisotopic (exact) mass is 476 g/mol. The van der Waals surface area contributed by atoms with Crippen LogP contribution in [0, 0.1) is 6.92 Å². The van der Waals surface area contributed by atoms with E-state index in [-0.39, 0.29) is 5.91 Å². The molecule has 6 nitrogen and oxygen atoms in total. The van der Waals surface area contributed by atoms with Crippen LogP contribution in [-0.4, -0.2) is 32.4 Å². The highest BCUT2D eigenvalue weighted by molar-refractivity contribution is 7.86. The number of nitrogens with one attached hydrogen (secondary N) is 1. The van der Waals surface area contributed by atoms with Crippen molar-refractivity contribution in [2.24, 2.45) is 0 Å². The lowest BCUT2D eigenvalue weighted by atomic mass is 10.1. The van der Waals surface area contributed by atoms with E-state index in [1.807, 2.05) is 53.7 Å². The highest BCUT2D eigenvalue weighted by Crippen LogP contribution is 2.31. The summed E-state index contributed by atoms with van der Waals surface area (Å²) in [6, 6.07) is 18.4. The smallest absolute Gasteiger partial charge is 0.255 e. The van der Waals surface area contributed by atoms with Crippen molar-refractivity contribution in [2.75, 3.05) is 21.9 Å². The van der Waals surface area contributed by atoms with Crippen molar-refractivity contribution in [3.8, 4) is 11.3 Å². The average molecular weight is 477 g/mol. The number of carbonyl (C=O) groups is 1. The number of aryl methyl sites for hydroxylation is 1. The number of halogens is 1. The number of amides is 1. The molecular weight excluding hydrogens is 456 g/mol. The largest absolute Gasteiger partial charge is 0.322 e. The Morgan fingerprint density at radius 3 is 2.76 bits per heavy atom. The molecule has 1 amide bonds. The Bertz CT molecular complexity index is 1410. The van der Waals surface area contributed by atoms with Crippen LogP contribution in [0.5, 0.6) is 0 Å². The van der Waals surface area contributed by atoms with Crippen LogP contribution in [0.2, 0.25) is 5.02 Å². The maximum atomic E-state index is 13.0. The molecule has 1 fully saturated rings. The zero-order valence-electron chi connectivity index (χ0n) is 17.9. The molecule has 8 heteroatoms. The predicted octanol–water partition coefficient (Wildman–Crippen LogP) is 5.38. The lowest BCUT2D eigenvalue weighted by molar-refractivity contribution is 0.102. The summed E-state index contributed by atoms with van der Waals surface area (Å²) in [5.74, 6) is 0.466. The second-order valence-corrected chi connectivity index (χ2v) is 9.77. The van der Waals surface area contributed by atoms with E-state index in [0.717, 1.165) is 40.8 Å². The molecule has 2 aromatic heterocycles. The molecule has 5 rings (SSSR count). The van der Waals surface area contributed by atoms with E-state index in [4.69, 9.17) is 11.6 Å². The van der Waals surface area contributed by atoms with Crippen molar-refractivity contribution >= 4 is 50.9 Å². The van der Waals surface area contributed by atoms with E-state index in [9.17, 15) is 9.00 Å². The van der Waals surface area contributed by atoms with Gasteiger partial charge in [-0.15, -0.1) is 0 Å². The molecule has 0 saturated carbocycles. The van der Waals surface area contributed by atoms with Crippen LogP contribution in [-0.2, 0) is 11.0 Å². The van der Waals surface area contributed by atoms with Crippen LogP contribution >= 0.6 is 11.6 Å². The first-order valence-electron chi connectivity index (χ1n) is 10.6. The van der Waals surface area contributed by atoms with Gasteiger partial charge in [0.1, 0.15) is 11.0 Å². The zero-order chi connectivity index (χ0) is 22.9. The molecule has 1 atom stereocenters. The summed E-state index contributed by atoms with van der Waals surface area (Å²) in [6.45, 7) is 2.65. The number of aromatic nitrogens is 2. The van der Waals surface area contributed by atoms with Gasteiger partial charge in [-0.2, -0.15) is 0 Å². The second-order valence-electron chi connectivity index (χ2n) is 7.87. The highest BCUT2D eigenvalue weighted by Gasteiger charge is 2.21. The van der Waals surface area contributed by atoms with Gasteiger partial charge in [0, 0.05) is 41.0 Å². The summed E-state index contributed by atoms with van der Waals surface area (Å²) >= 11 is 6.45. The number of anilines is 2. The fraction of sp³-hybridized carbons (Fsp3) is 0.160. The fourth-order valence-corrected chi connectivity index (χ4v) is 5.44. The van der Waals surface area contributed by atoms with Gasteiger partial charge in [-0.05, 0) is 79.6 Å². The second kappa shape index (κ2) is 8.92. The molecule has 1 saturated heterocycles. The van der Waals surface area contributed by atoms with Crippen LogP contribution in [0.4, 0.5) is 11.4 Å². The van der Waals surface area contributed by atoms with Gasteiger partial charge in [0.25, 0.3) is 5.91 Å². The fourth-order valence-electron chi connectivity index (χ4n) is 3.95. The Morgan fingerprint density at radius 2 is 1.97 bits per heavy atom. The molecule has 1 unspecified atom stereocenters. The number of benzene rings is 2. The van der Waals surface area contributed by atoms with Crippen LogP contribution in [0.3, 0.4) is 0 Å². The van der Waals surface area contributed by atoms with Crippen molar-refractivity contribution in [2.45, 2.75) is 13.3 Å². The molecule has 3 heterocycles. The molecule has 2 aromatic carbocycles. The first kappa shape index (κ1) is 21.6. The van der Waals surface area contributed by atoms with E-state index in [0.29, 0.717) is 27.7 Å². The first-order chi connectivity index (χ1) is 16.0. The van der Waals surface area contributed by atoms with E-state index < -0.39 is 11.0 Å². The van der Waals surface area contributed by atoms with Crippen LogP contribution < -0.4 is 9.62 Å². The minimum absolute atomic E-state index is 0.217. The Labute approximate surface area is 199 Å². The number of hydrogen-bond donors (Lipinski definition) is 1. The normalized spacial score (nSPS) is 15.7. The van der Waals surface area contributed by atoms with Gasteiger partial charge >= 0.3 is 0 Å². The van der Waals surface area contributed by atoms with Gasteiger partial charge in [-0.3, -0.25) is 14.1 Å². The number of fused-ring (bicyclic) bond motifs is 1. The third kappa shape index (κ3) is 4.34. The molecular formula is C25H21ClN4O2S. The Kier molecular flexibility index (Phi) is 5.83. The highest BCUT2D eigenvalue weighted by atomic mass is 35.5. The number of rotatable bonds is 4. The zero-order valence-corrected chi connectivity index (χ0v) is 19.5. The maximum Gasteiger partial charge on any atom is 0.255 e. The van der Waals surface area contributed by atoms with Crippen LogP contribution in [0.15, 0.2) is 66.9 Å². The SMILES string of the molecule is Cc1cc(N2CCCS2=O)ccc1C(=O)Nc1ccc(Cl)c(-c2ccc3ncccc3n2)c1. The van der Waals surface area contributed by atoms with Crippen molar-refractivity contribution in [3.05, 3.63) is 83.0 Å². The molecule has 0 spiro atoms. The molecule has 1 aliphatic rings. The van der Waals surface area contributed by atoms with Gasteiger partial charge in [0.2, 0.25) is 0 Å². The minimum atomic E-state index is -0.990. The summed E-state index contributed by atoms with van der Waals surface area (Å²) < 4.78 is 14.0. The number of carbonyl (C=O) groups excluding carboxylic acids is 1. The lowest BCUT2D eigenvalue weighted by Gasteiger charge is -2.17. The van der Waals surface area contributed by atoms with E-state index in [1.54, 1.807) is 24.4 Å². The van der Waals surface area contributed by atoms with Crippen molar-refractivity contribution in [3.63, 3.8) is 0 Å². The standard InChI is InChI=1S/C25H21ClN4O2S/c1-16-14-18(30-12-3-13-33(30)32)6-7-19(16)25(31)28-17-5-8-21(26)20(15-17)22-9-10-23-24(29-22)4-2-11-27-23/h2,4-11,14-15H,3,12-13H2,1H3,(H,28,31). The number of pyridine rings is 2. The van der Waals surface area contributed by atoms with Gasteiger partial charge in [-0.1, -0.05) is 11.6 Å². The summed E-state index contributed by atoms with van der Waals surface area (Å²) in [4.78, 5) is 22.0. The van der Waals surface area contributed by atoms with Crippen molar-refractivity contribution in [1.82, 2.24) is 9.97 Å². The predicted molar refractivity (Wildman–Crippen MR) is 134 cm³/mol. The molecule has 0 aliphatic carbocycles. The topological polar surface area (TPSA) is 75.2 Å². The summed E-state index contributed by atoms with van der Waals surface area (Å²) in [5.41, 5.74) is 5.90. The van der Waals surface area contributed by atoms with Crippen LogP contribution in [0.1, 0.15) is 22.3 Å². The summed E-state index contributed by atoms with van der Waals surface area (Å²) in [5, 5.41) is 3.50. The van der Waals surface area contributed by atoms with Crippen molar-refractivity contribution < 1.29 is 9.00 Å². The molecule has 166 valence electrons. The van der Waals surface area contributed by atoms with Gasteiger partial charge in [0.15, 0.2) is 0 Å². The van der Waals surface area contributed by atoms with E-state index in [1.165, 1.54) is 0 Å². The van der Waals surface area contributed by atoms with Crippen LogP contribution in [0.25, 0.3) is 22.3 Å². The van der Waals surface area contributed by atoms with E-state index >= 15 is 0 Å². The third-order valence-corrected chi connectivity index (χ3v) is 7.48. The van der Waals surface area contributed by atoms with Gasteiger partial charge in [-0.25, -0.2) is 9.19 Å². The number of nitrogens with zero attached hydrogens (tertiary/aromatic N) is 3. The van der Waals surface area contributed by atoms with Gasteiger partial charge < -0.3 is 5.32 Å². The summed E-state index contributed by atoms with van der Waals surface area (Å²) in [6.07, 6.45) is 2.64. The first-order valence-corrected chi connectivity index (χ1v) is 12.2. The molecule has 33 heavy (non-hydrogen) atoms.